The maximum Gasteiger partial charge on any atom is 0.265 e. The van der Waals surface area contributed by atoms with E-state index in [0.717, 1.165) is 5.56 Å². The summed E-state index contributed by atoms with van der Waals surface area (Å²) < 4.78 is 0. The summed E-state index contributed by atoms with van der Waals surface area (Å²) in [7, 11) is 0. The first kappa shape index (κ1) is 16.0. The number of aromatic nitrogens is 1. The number of aliphatic hydroxyl groups is 1. The Balaban J connectivity index is 1.70. The highest BCUT2D eigenvalue weighted by molar-refractivity contribution is 7.14. The highest BCUT2D eigenvalue weighted by atomic mass is 35.5. The Bertz CT molecular complexity index is 770. The fourth-order valence-corrected chi connectivity index (χ4v) is 3.28. The first-order valence-electron chi connectivity index (χ1n) is 7.32. The quantitative estimate of drug-likeness (QED) is 0.808. The maximum atomic E-state index is 12.4. The molecule has 0 radical (unpaired) electrons. The molecule has 1 aliphatic rings. The van der Waals surface area contributed by atoms with E-state index in [2.05, 4.69) is 16.8 Å². The number of carbonyl (C=O) groups is 1. The lowest BCUT2D eigenvalue weighted by Gasteiger charge is -2.29. The zero-order chi connectivity index (χ0) is 16.2. The van der Waals surface area contributed by atoms with Gasteiger partial charge in [0.1, 0.15) is 4.88 Å². The van der Waals surface area contributed by atoms with Gasteiger partial charge in [0.25, 0.3) is 5.91 Å². The Hall–Kier alpha value is -1.87. The molecule has 23 heavy (non-hydrogen) atoms. The van der Waals surface area contributed by atoms with Crippen LogP contribution in [-0.2, 0) is 0 Å². The number of hydrogen-bond acceptors (Lipinski definition) is 4. The number of rotatable bonds is 1. The summed E-state index contributed by atoms with van der Waals surface area (Å²) in [6.07, 6.45) is 2.54. The molecule has 1 fully saturated rings. The van der Waals surface area contributed by atoms with Gasteiger partial charge in [-0.15, -0.1) is 11.3 Å². The Kier molecular flexibility index (Phi) is 4.97. The monoisotopic (exact) mass is 346 g/mol. The molecule has 3 rings (SSSR count). The second-order valence-corrected chi connectivity index (χ2v) is 6.78. The van der Waals surface area contributed by atoms with Gasteiger partial charge in [-0.3, -0.25) is 4.79 Å². The molecular formula is C17H15ClN2O2S. The predicted octanol–water partition coefficient (Wildman–Crippen LogP) is 2.79. The van der Waals surface area contributed by atoms with Crippen LogP contribution in [0, 0.1) is 11.8 Å². The molecule has 118 valence electrons. The molecule has 0 aliphatic carbocycles. The molecular weight excluding hydrogens is 332 g/mol. The number of benzene rings is 1. The van der Waals surface area contributed by atoms with Crippen molar-refractivity contribution in [2.24, 2.45) is 0 Å². The van der Waals surface area contributed by atoms with E-state index in [9.17, 15) is 9.90 Å². The highest BCUT2D eigenvalue weighted by Gasteiger charge is 2.23. The van der Waals surface area contributed by atoms with Gasteiger partial charge in [0.05, 0.1) is 12.3 Å². The lowest BCUT2D eigenvalue weighted by atomic mass is 10.1. The summed E-state index contributed by atoms with van der Waals surface area (Å²) in [6.45, 7) is 1.17. The SMILES string of the molecule is O=C(c1cnc(C#Cc2cccc(Cl)c2)s1)N1CCC(O)CC1. The van der Waals surface area contributed by atoms with Gasteiger partial charge >= 0.3 is 0 Å². The smallest absolute Gasteiger partial charge is 0.265 e. The van der Waals surface area contributed by atoms with Crippen LogP contribution in [0.2, 0.25) is 5.02 Å². The number of nitrogens with zero attached hydrogens (tertiary/aromatic N) is 2. The number of likely N-dealkylation sites (tertiary alicyclic amines) is 1. The molecule has 1 saturated heterocycles. The zero-order valence-electron chi connectivity index (χ0n) is 12.3. The van der Waals surface area contributed by atoms with Crippen molar-refractivity contribution in [1.29, 1.82) is 0 Å². The predicted molar refractivity (Wildman–Crippen MR) is 90.7 cm³/mol. The van der Waals surface area contributed by atoms with Crippen LogP contribution in [0.1, 0.15) is 33.1 Å². The molecule has 6 heteroatoms. The fraction of sp³-hybridized carbons (Fsp3) is 0.294. The Morgan fingerprint density at radius 1 is 1.35 bits per heavy atom. The van der Waals surface area contributed by atoms with Crippen LogP contribution in [0.25, 0.3) is 0 Å². The second kappa shape index (κ2) is 7.14. The summed E-state index contributed by atoms with van der Waals surface area (Å²) in [5.74, 6) is 5.92. The molecule has 4 nitrogen and oxygen atoms in total. The topological polar surface area (TPSA) is 53.4 Å². The highest BCUT2D eigenvalue weighted by Crippen LogP contribution is 2.18. The Morgan fingerprint density at radius 3 is 2.87 bits per heavy atom. The summed E-state index contributed by atoms with van der Waals surface area (Å²) in [6, 6.07) is 7.29. The van der Waals surface area contributed by atoms with Crippen LogP contribution < -0.4 is 0 Å². The van der Waals surface area contributed by atoms with Crippen LogP contribution in [-0.4, -0.2) is 40.1 Å². The van der Waals surface area contributed by atoms with Crippen LogP contribution in [0.3, 0.4) is 0 Å². The molecule has 1 aliphatic heterocycles. The molecule has 1 amide bonds. The van der Waals surface area contributed by atoms with Crippen molar-refractivity contribution in [2.75, 3.05) is 13.1 Å². The van der Waals surface area contributed by atoms with Gasteiger partial charge in [0.15, 0.2) is 5.01 Å². The molecule has 0 atom stereocenters. The summed E-state index contributed by atoms with van der Waals surface area (Å²) >= 11 is 7.21. The largest absolute Gasteiger partial charge is 0.393 e. The lowest BCUT2D eigenvalue weighted by molar-refractivity contribution is 0.0550. The minimum Gasteiger partial charge on any atom is -0.393 e. The van der Waals surface area contributed by atoms with E-state index in [0.29, 0.717) is 40.8 Å². The van der Waals surface area contributed by atoms with Crippen LogP contribution >= 0.6 is 22.9 Å². The van der Waals surface area contributed by atoms with Crippen molar-refractivity contribution in [2.45, 2.75) is 18.9 Å². The zero-order valence-corrected chi connectivity index (χ0v) is 13.9. The number of thiazole rings is 1. The minimum absolute atomic E-state index is 0.0368. The van der Waals surface area contributed by atoms with Crippen molar-refractivity contribution in [3.8, 4) is 11.8 Å². The van der Waals surface area contributed by atoms with E-state index in [-0.39, 0.29) is 12.0 Å². The number of halogens is 1. The van der Waals surface area contributed by atoms with Crippen LogP contribution in [0.15, 0.2) is 30.5 Å². The van der Waals surface area contributed by atoms with Crippen molar-refractivity contribution in [1.82, 2.24) is 9.88 Å². The number of aliphatic hydroxyl groups excluding tert-OH is 1. The standard InChI is InChI=1S/C17H15ClN2O2S/c18-13-3-1-2-12(10-13)4-5-16-19-11-15(23-16)17(22)20-8-6-14(21)7-9-20/h1-3,10-11,14,21H,6-9H2. The summed E-state index contributed by atoms with van der Waals surface area (Å²) in [4.78, 5) is 18.9. The van der Waals surface area contributed by atoms with Crippen molar-refractivity contribution >= 4 is 28.8 Å². The average Bonchev–Trinajstić information content (AvgIpc) is 3.02. The summed E-state index contributed by atoms with van der Waals surface area (Å²) in [5.41, 5.74) is 0.811. The minimum atomic E-state index is -0.292. The van der Waals surface area contributed by atoms with Crippen molar-refractivity contribution < 1.29 is 9.90 Å². The number of hydrogen-bond donors (Lipinski definition) is 1. The van der Waals surface area contributed by atoms with Gasteiger partial charge in [0.2, 0.25) is 0 Å². The Morgan fingerprint density at radius 2 is 2.13 bits per heavy atom. The number of amides is 1. The van der Waals surface area contributed by atoms with Crippen molar-refractivity contribution in [3.63, 3.8) is 0 Å². The molecule has 0 bridgehead atoms. The molecule has 1 aromatic carbocycles. The Labute approximate surface area is 143 Å². The van der Waals surface area contributed by atoms with Crippen LogP contribution in [0.4, 0.5) is 0 Å². The van der Waals surface area contributed by atoms with Gasteiger partial charge in [-0.2, -0.15) is 0 Å². The van der Waals surface area contributed by atoms with Gasteiger partial charge in [-0.25, -0.2) is 4.98 Å². The van der Waals surface area contributed by atoms with Crippen molar-refractivity contribution in [3.05, 3.63) is 50.9 Å². The number of piperidine rings is 1. The van der Waals surface area contributed by atoms with Gasteiger partial charge in [-0.05, 0) is 37.0 Å². The fourth-order valence-electron chi connectivity index (χ4n) is 2.35. The first-order chi connectivity index (χ1) is 11.1. The molecule has 2 heterocycles. The van der Waals surface area contributed by atoms with Gasteiger partial charge < -0.3 is 10.0 Å². The molecule has 0 unspecified atom stereocenters. The van der Waals surface area contributed by atoms with E-state index in [1.165, 1.54) is 11.3 Å². The van der Waals surface area contributed by atoms with Gasteiger partial charge in [0, 0.05) is 23.7 Å². The number of carbonyl (C=O) groups excluding carboxylic acids is 1. The van der Waals surface area contributed by atoms with E-state index in [1.54, 1.807) is 23.2 Å². The van der Waals surface area contributed by atoms with Crippen LogP contribution in [0.5, 0.6) is 0 Å². The van der Waals surface area contributed by atoms with E-state index in [4.69, 9.17) is 11.6 Å². The van der Waals surface area contributed by atoms with E-state index >= 15 is 0 Å². The third-order valence-corrected chi connectivity index (χ3v) is 4.74. The maximum absolute atomic E-state index is 12.4. The second-order valence-electron chi connectivity index (χ2n) is 5.31. The molecule has 1 N–H and O–H groups in total. The third kappa shape index (κ3) is 4.11. The summed E-state index contributed by atoms with van der Waals surface area (Å²) in [5, 5.41) is 10.7. The normalized spacial score (nSPS) is 15.1. The lowest BCUT2D eigenvalue weighted by Crippen LogP contribution is -2.39. The molecule has 1 aromatic heterocycles. The van der Waals surface area contributed by atoms with E-state index in [1.807, 2.05) is 12.1 Å². The third-order valence-electron chi connectivity index (χ3n) is 3.61. The van der Waals surface area contributed by atoms with Gasteiger partial charge in [-0.1, -0.05) is 23.6 Å². The molecule has 0 saturated carbocycles. The van der Waals surface area contributed by atoms with E-state index < -0.39 is 0 Å². The molecule has 0 spiro atoms. The average molecular weight is 347 g/mol. The first-order valence-corrected chi connectivity index (χ1v) is 8.52. The molecule has 2 aromatic rings.